The first-order chi connectivity index (χ1) is 10.9. The van der Waals surface area contributed by atoms with Gasteiger partial charge in [0.25, 0.3) is 0 Å². The Hall–Kier alpha value is -0.860. The van der Waals surface area contributed by atoms with E-state index in [1.165, 1.54) is 10.4 Å². The molecule has 2 aromatic heterocycles. The maximum atomic E-state index is 12.7. The summed E-state index contributed by atoms with van der Waals surface area (Å²) in [5.74, 6) is 0.874. The summed E-state index contributed by atoms with van der Waals surface area (Å²) in [5, 5.41) is 0. The first-order valence-corrected chi connectivity index (χ1v) is 10.0. The largest absolute Gasteiger partial charge is 0.354 e. The molecular weight excluding hydrogens is 377 g/mol. The average Bonchev–Trinajstić information content (AvgIpc) is 2.87. The lowest BCUT2D eigenvalue weighted by Gasteiger charge is -2.34. The van der Waals surface area contributed by atoms with Crippen LogP contribution in [-0.2, 0) is 10.0 Å². The van der Waals surface area contributed by atoms with Gasteiger partial charge in [0.15, 0.2) is 0 Å². The van der Waals surface area contributed by atoms with Gasteiger partial charge in [0.05, 0.1) is 4.34 Å². The monoisotopic (exact) mass is 391 g/mol. The highest BCUT2D eigenvalue weighted by molar-refractivity contribution is 7.89. The fourth-order valence-electron chi connectivity index (χ4n) is 2.50. The summed E-state index contributed by atoms with van der Waals surface area (Å²) in [4.78, 5) is 6.66. The zero-order chi connectivity index (χ0) is 16.6. The smallest absolute Gasteiger partial charge is 0.245 e. The van der Waals surface area contributed by atoms with Gasteiger partial charge in [0.1, 0.15) is 15.0 Å². The molecule has 1 fully saturated rings. The van der Waals surface area contributed by atoms with Gasteiger partial charge in [-0.3, -0.25) is 0 Å². The molecule has 3 heterocycles. The van der Waals surface area contributed by atoms with E-state index in [0.29, 0.717) is 30.5 Å². The molecule has 2 aromatic rings. The minimum Gasteiger partial charge on any atom is -0.354 e. The van der Waals surface area contributed by atoms with Crippen LogP contribution in [-0.4, -0.2) is 43.9 Å². The number of piperazine rings is 1. The molecule has 3 rings (SSSR count). The average molecular weight is 392 g/mol. The van der Waals surface area contributed by atoms with Crippen molar-refractivity contribution in [3.8, 4) is 0 Å². The number of nitrogens with zero attached hydrogens (tertiary/aromatic N) is 3. The Kier molecular flexibility index (Phi) is 4.85. The Morgan fingerprint density at radius 2 is 1.87 bits per heavy atom. The Balaban J connectivity index is 1.75. The molecule has 1 aliphatic heterocycles. The first-order valence-electron chi connectivity index (χ1n) is 7.01. The standard InChI is InChI=1S/C14H15Cl2N3O2S2/c1-10-3-2-4-13(17-10)18-5-7-19(8-6-18)23(20,21)11-9-12(15)22-14(11)16/h2-4,9H,5-8H2,1H3. The van der Waals surface area contributed by atoms with Crippen LogP contribution in [0.1, 0.15) is 5.69 Å². The fourth-order valence-corrected chi connectivity index (χ4v) is 6.04. The molecule has 5 nitrogen and oxygen atoms in total. The van der Waals surface area contributed by atoms with Gasteiger partial charge >= 0.3 is 0 Å². The van der Waals surface area contributed by atoms with E-state index < -0.39 is 10.0 Å². The number of rotatable bonds is 3. The molecule has 1 saturated heterocycles. The molecule has 0 aromatic carbocycles. The molecule has 0 radical (unpaired) electrons. The number of thiophene rings is 1. The molecule has 0 amide bonds. The summed E-state index contributed by atoms with van der Waals surface area (Å²) in [6, 6.07) is 7.24. The van der Waals surface area contributed by atoms with E-state index >= 15 is 0 Å². The summed E-state index contributed by atoms with van der Waals surface area (Å²) >= 11 is 12.9. The van der Waals surface area contributed by atoms with E-state index in [1.807, 2.05) is 25.1 Å². The van der Waals surface area contributed by atoms with E-state index in [0.717, 1.165) is 22.8 Å². The van der Waals surface area contributed by atoms with Gasteiger partial charge in [-0.2, -0.15) is 4.31 Å². The Labute approximate surface area is 149 Å². The van der Waals surface area contributed by atoms with Crippen molar-refractivity contribution < 1.29 is 8.42 Å². The van der Waals surface area contributed by atoms with Crippen molar-refractivity contribution in [3.05, 3.63) is 38.6 Å². The molecule has 124 valence electrons. The lowest BCUT2D eigenvalue weighted by Crippen LogP contribution is -2.48. The normalized spacial score (nSPS) is 16.7. The summed E-state index contributed by atoms with van der Waals surface area (Å²) in [6.07, 6.45) is 0. The third kappa shape index (κ3) is 3.49. The zero-order valence-electron chi connectivity index (χ0n) is 12.4. The van der Waals surface area contributed by atoms with Crippen LogP contribution in [0.5, 0.6) is 0 Å². The van der Waals surface area contributed by atoms with Crippen molar-refractivity contribution in [3.63, 3.8) is 0 Å². The van der Waals surface area contributed by atoms with Crippen molar-refractivity contribution in [2.75, 3.05) is 31.1 Å². The number of halogens is 2. The highest BCUT2D eigenvalue weighted by Gasteiger charge is 2.31. The van der Waals surface area contributed by atoms with Gasteiger partial charge < -0.3 is 4.90 Å². The number of hydrogen-bond acceptors (Lipinski definition) is 5. The molecular formula is C14H15Cl2N3O2S2. The van der Waals surface area contributed by atoms with Crippen LogP contribution in [0.2, 0.25) is 8.67 Å². The van der Waals surface area contributed by atoms with Gasteiger partial charge in [-0.15, -0.1) is 11.3 Å². The van der Waals surface area contributed by atoms with Crippen molar-refractivity contribution >= 4 is 50.4 Å². The van der Waals surface area contributed by atoms with Gasteiger partial charge in [-0.25, -0.2) is 13.4 Å². The van der Waals surface area contributed by atoms with Gasteiger partial charge in [-0.1, -0.05) is 29.3 Å². The van der Waals surface area contributed by atoms with E-state index in [9.17, 15) is 8.42 Å². The number of anilines is 1. The van der Waals surface area contributed by atoms with Crippen molar-refractivity contribution in [1.82, 2.24) is 9.29 Å². The Morgan fingerprint density at radius 3 is 2.43 bits per heavy atom. The summed E-state index contributed by atoms with van der Waals surface area (Å²) in [6.45, 7) is 3.90. The second-order valence-electron chi connectivity index (χ2n) is 5.22. The topological polar surface area (TPSA) is 53.5 Å². The first kappa shape index (κ1) is 17.0. The Morgan fingerprint density at radius 1 is 1.17 bits per heavy atom. The lowest BCUT2D eigenvalue weighted by atomic mass is 10.3. The third-order valence-corrected chi connectivity index (χ3v) is 7.33. The van der Waals surface area contributed by atoms with Crippen LogP contribution < -0.4 is 4.90 Å². The van der Waals surface area contributed by atoms with Crippen molar-refractivity contribution in [2.45, 2.75) is 11.8 Å². The number of aryl methyl sites for hydroxylation is 1. The molecule has 0 unspecified atom stereocenters. The SMILES string of the molecule is Cc1cccc(N2CCN(S(=O)(=O)c3cc(Cl)sc3Cl)CC2)n1. The van der Waals surface area contributed by atoms with E-state index in [1.54, 1.807) is 0 Å². The number of aromatic nitrogens is 1. The maximum Gasteiger partial charge on any atom is 0.245 e. The zero-order valence-corrected chi connectivity index (χ0v) is 15.5. The van der Waals surface area contributed by atoms with Crippen LogP contribution >= 0.6 is 34.5 Å². The molecule has 0 bridgehead atoms. The van der Waals surface area contributed by atoms with E-state index in [4.69, 9.17) is 23.2 Å². The molecule has 0 atom stereocenters. The number of pyridine rings is 1. The summed E-state index contributed by atoms with van der Waals surface area (Å²) in [5.41, 5.74) is 0.942. The number of hydrogen-bond donors (Lipinski definition) is 0. The highest BCUT2D eigenvalue weighted by Crippen LogP contribution is 2.36. The summed E-state index contributed by atoms with van der Waals surface area (Å²) < 4.78 is 27.4. The predicted octanol–water partition coefficient (Wildman–Crippen LogP) is 3.27. The van der Waals surface area contributed by atoms with Crippen LogP contribution in [0.15, 0.2) is 29.2 Å². The van der Waals surface area contributed by atoms with E-state index in [-0.39, 0.29) is 9.23 Å². The quantitative estimate of drug-likeness (QED) is 0.805. The molecule has 9 heteroatoms. The van der Waals surface area contributed by atoms with Gasteiger partial charge in [-0.05, 0) is 25.1 Å². The van der Waals surface area contributed by atoms with Gasteiger partial charge in [0, 0.05) is 31.9 Å². The maximum absolute atomic E-state index is 12.7. The van der Waals surface area contributed by atoms with Crippen LogP contribution in [0.3, 0.4) is 0 Å². The molecule has 0 aliphatic carbocycles. The molecule has 0 saturated carbocycles. The molecule has 0 N–H and O–H groups in total. The predicted molar refractivity (Wildman–Crippen MR) is 94.3 cm³/mol. The lowest BCUT2D eigenvalue weighted by molar-refractivity contribution is 0.384. The van der Waals surface area contributed by atoms with E-state index in [2.05, 4.69) is 9.88 Å². The second-order valence-corrected chi connectivity index (χ2v) is 9.41. The minimum atomic E-state index is -3.61. The molecule has 1 aliphatic rings. The third-order valence-electron chi connectivity index (χ3n) is 3.68. The summed E-state index contributed by atoms with van der Waals surface area (Å²) in [7, 11) is -3.61. The fraction of sp³-hybridized carbons (Fsp3) is 0.357. The van der Waals surface area contributed by atoms with Gasteiger partial charge in [0.2, 0.25) is 10.0 Å². The molecule has 23 heavy (non-hydrogen) atoms. The van der Waals surface area contributed by atoms with Crippen molar-refractivity contribution in [1.29, 1.82) is 0 Å². The van der Waals surface area contributed by atoms with Crippen LogP contribution in [0.25, 0.3) is 0 Å². The van der Waals surface area contributed by atoms with Crippen LogP contribution in [0, 0.1) is 6.92 Å². The second kappa shape index (κ2) is 6.57. The number of sulfonamides is 1. The Bertz CT molecular complexity index is 815. The minimum absolute atomic E-state index is 0.0938. The van der Waals surface area contributed by atoms with Crippen LogP contribution in [0.4, 0.5) is 5.82 Å². The van der Waals surface area contributed by atoms with Crippen molar-refractivity contribution in [2.24, 2.45) is 0 Å². The molecule has 0 spiro atoms. The highest BCUT2D eigenvalue weighted by atomic mass is 35.5.